The Bertz CT molecular complexity index is 937. The Labute approximate surface area is 161 Å². The molecule has 0 spiro atoms. The van der Waals surface area contributed by atoms with Crippen molar-refractivity contribution in [2.24, 2.45) is 5.73 Å². The van der Waals surface area contributed by atoms with Gasteiger partial charge in [0.25, 0.3) is 11.8 Å². The molecule has 3 rings (SSSR count). The van der Waals surface area contributed by atoms with Gasteiger partial charge in [0, 0.05) is 6.54 Å². The number of nitrogens with zero attached hydrogens (tertiary/aromatic N) is 1. The summed E-state index contributed by atoms with van der Waals surface area (Å²) in [4.78, 5) is 26.1. The molecule has 1 fully saturated rings. The fraction of sp³-hybridized carbons (Fsp3) is 0.0500. The molecule has 1 heterocycles. The molecule has 27 heavy (non-hydrogen) atoms. The van der Waals surface area contributed by atoms with Crippen LogP contribution in [-0.4, -0.2) is 23.5 Å². The van der Waals surface area contributed by atoms with Crippen molar-refractivity contribution in [3.63, 3.8) is 0 Å². The van der Waals surface area contributed by atoms with Crippen molar-refractivity contribution in [2.75, 3.05) is 11.4 Å². The largest absolute Gasteiger partial charge is 0.457 e. The summed E-state index contributed by atoms with van der Waals surface area (Å²) in [5.41, 5.74) is 6.40. The molecular formula is C20H17N3O3S. The molecule has 0 saturated carbocycles. The average Bonchev–Trinajstić information content (AvgIpc) is 2.67. The van der Waals surface area contributed by atoms with Crippen LogP contribution < -0.4 is 20.7 Å². The normalized spacial score (nSPS) is 15.7. The van der Waals surface area contributed by atoms with Crippen molar-refractivity contribution < 1.29 is 14.3 Å². The highest BCUT2D eigenvalue weighted by atomic mass is 32.1. The Hall–Kier alpha value is -3.29. The molecule has 3 N–H and O–H groups in total. The van der Waals surface area contributed by atoms with Crippen molar-refractivity contribution in [1.82, 2.24) is 5.32 Å². The van der Waals surface area contributed by atoms with E-state index >= 15 is 0 Å². The van der Waals surface area contributed by atoms with Crippen LogP contribution in [0.15, 0.2) is 78.4 Å². The first-order valence-electron chi connectivity index (χ1n) is 8.12. The number of carbonyl (C=O) groups excluding carboxylic acids is 2. The highest BCUT2D eigenvalue weighted by Crippen LogP contribution is 2.26. The molecule has 1 aliphatic rings. The maximum atomic E-state index is 12.8. The van der Waals surface area contributed by atoms with Gasteiger partial charge in [-0.1, -0.05) is 24.8 Å². The molecule has 7 heteroatoms. The second-order valence-corrected chi connectivity index (χ2v) is 6.12. The van der Waals surface area contributed by atoms with Gasteiger partial charge in [0.15, 0.2) is 5.11 Å². The van der Waals surface area contributed by atoms with Gasteiger partial charge in [-0.15, -0.1) is 0 Å². The van der Waals surface area contributed by atoms with Gasteiger partial charge in [-0.2, -0.15) is 0 Å². The summed E-state index contributed by atoms with van der Waals surface area (Å²) in [6.07, 6.45) is 1.37. The third-order valence-electron chi connectivity index (χ3n) is 3.79. The molecule has 1 saturated heterocycles. The zero-order chi connectivity index (χ0) is 19.4. The molecule has 0 aliphatic carbocycles. The molecule has 0 atom stereocenters. The lowest BCUT2D eigenvalue weighted by Gasteiger charge is -2.29. The smallest absolute Gasteiger partial charge is 0.270 e. The minimum Gasteiger partial charge on any atom is -0.457 e. The number of carbonyl (C=O) groups is 2. The number of thiocarbonyl (C=S) groups is 1. The van der Waals surface area contributed by atoms with Gasteiger partial charge >= 0.3 is 0 Å². The second kappa shape index (κ2) is 7.94. The van der Waals surface area contributed by atoms with Crippen LogP contribution in [0.1, 0.15) is 0 Å². The molecule has 2 amide bonds. The molecule has 0 radical (unpaired) electrons. The van der Waals surface area contributed by atoms with Crippen molar-refractivity contribution in [3.05, 3.63) is 78.4 Å². The van der Waals surface area contributed by atoms with E-state index in [-0.39, 0.29) is 17.2 Å². The minimum atomic E-state index is -0.570. The average molecular weight is 379 g/mol. The van der Waals surface area contributed by atoms with E-state index < -0.39 is 11.8 Å². The maximum absolute atomic E-state index is 12.8. The molecule has 0 aromatic heterocycles. The lowest BCUT2D eigenvalue weighted by molar-refractivity contribution is -0.122. The van der Waals surface area contributed by atoms with Gasteiger partial charge in [0.2, 0.25) is 0 Å². The number of para-hydroxylation sites is 1. The zero-order valence-corrected chi connectivity index (χ0v) is 15.2. The summed E-state index contributed by atoms with van der Waals surface area (Å²) in [6, 6.07) is 16.2. The summed E-state index contributed by atoms with van der Waals surface area (Å²) in [5.74, 6) is 0.208. The minimum absolute atomic E-state index is 0.0113. The van der Waals surface area contributed by atoms with Crippen molar-refractivity contribution >= 4 is 34.8 Å². The van der Waals surface area contributed by atoms with Crippen LogP contribution in [0.4, 0.5) is 5.69 Å². The van der Waals surface area contributed by atoms with Gasteiger partial charge in [-0.25, -0.2) is 0 Å². The molecule has 136 valence electrons. The predicted molar refractivity (Wildman–Crippen MR) is 107 cm³/mol. The van der Waals surface area contributed by atoms with Crippen molar-refractivity contribution in [1.29, 1.82) is 0 Å². The Morgan fingerprint density at radius 2 is 1.74 bits per heavy atom. The third kappa shape index (κ3) is 4.11. The van der Waals surface area contributed by atoms with Crippen LogP contribution in [0, 0.1) is 0 Å². The van der Waals surface area contributed by atoms with E-state index in [4.69, 9.17) is 22.7 Å². The quantitative estimate of drug-likeness (QED) is 0.474. The number of nitrogens with one attached hydrogen (secondary N) is 1. The number of hydrogen-bond donors (Lipinski definition) is 2. The Morgan fingerprint density at radius 1 is 1.11 bits per heavy atom. The number of rotatable bonds is 5. The van der Waals surface area contributed by atoms with Crippen LogP contribution in [0.25, 0.3) is 0 Å². The van der Waals surface area contributed by atoms with E-state index in [2.05, 4.69) is 11.9 Å². The Kier molecular flexibility index (Phi) is 5.44. The van der Waals surface area contributed by atoms with Crippen LogP contribution in [-0.2, 0) is 9.59 Å². The molecule has 1 aliphatic heterocycles. The number of hydrogen-bond acceptors (Lipinski definition) is 5. The first-order chi connectivity index (χ1) is 13.0. The molecule has 6 nitrogen and oxygen atoms in total. The van der Waals surface area contributed by atoms with Crippen LogP contribution in [0.2, 0.25) is 0 Å². The van der Waals surface area contributed by atoms with Crippen LogP contribution in [0.5, 0.6) is 11.5 Å². The van der Waals surface area contributed by atoms with Gasteiger partial charge in [0.1, 0.15) is 17.1 Å². The van der Waals surface area contributed by atoms with E-state index in [0.717, 1.165) is 0 Å². The number of ether oxygens (including phenoxy) is 1. The van der Waals surface area contributed by atoms with Gasteiger partial charge < -0.3 is 10.5 Å². The summed E-state index contributed by atoms with van der Waals surface area (Å²) in [6.45, 7) is 3.84. The fourth-order valence-electron chi connectivity index (χ4n) is 2.44. The molecule has 2 aromatic carbocycles. The van der Waals surface area contributed by atoms with E-state index in [1.165, 1.54) is 11.0 Å². The molecular weight excluding hydrogens is 362 g/mol. The number of amides is 2. The monoisotopic (exact) mass is 379 g/mol. The number of anilines is 1. The third-order valence-corrected chi connectivity index (χ3v) is 4.07. The van der Waals surface area contributed by atoms with E-state index in [1.54, 1.807) is 24.3 Å². The fourth-order valence-corrected chi connectivity index (χ4v) is 2.72. The Morgan fingerprint density at radius 3 is 2.37 bits per heavy atom. The number of benzene rings is 2. The highest BCUT2D eigenvalue weighted by molar-refractivity contribution is 7.80. The second-order valence-electron chi connectivity index (χ2n) is 5.73. The van der Waals surface area contributed by atoms with Gasteiger partial charge in [-0.05, 0) is 60.3 Å². The van der Waals surface area contributed by atoms with E-state index in [1.807, 2.05) is 30.3 Å². The topological polar surface area (TPSA) is 84.7 Å². The van der Waals surface area contributed by atoms with E-state index in [9.17, 15) is 9.59 Å². The predicted octanol–water partition coefficient (Wildman–Crippen LogP) is 2.67. The van der Waals surface area contributed by atoms with Crippen LogP contribution in [0.3, 0.4) is 0 Å². The first-order valence-corrected chi connectivity index (χ1v) is 8.52. The zero-order valence-electron chi connectivity index (χ0n) is 14.3. The van der Waals surface area contributed by atoms with Crippen LogP contribution >= 0.6 is 12.2 Å². The lowest BCUT2D eigenvalue weighted by atomic mass is 10.1. The lowest BCUT2D eigenvalue weighted by Crippen LogP contribution is -2.54. The SMILES string of the molecule is C=C(/C=C1\C(=O)NC(=S)N(c2ccc(Oc3ccccc3)cc2)C1=O)CN. The Balaban J connectivity index is 1.85. The van der Waals surface area contributed by atoms with Gasteiger partial charge in [-0.3, -0.25) is 19.8 Å². The molecule has 0 unspecified atom stereocenters. The van der Waals surface area contributed by atoms with Crippen molar-refractivity contribution in [3.8, 4) is 11.5 Å². The summed E-state index contributed by atoms with van der Waals surface area (Å²) < 4.78 is 5.74. The summed E-state index contributed by atoms with van der Waals surface area (Å²) in [5, 5.41) is 2.52. The summed E-state index contributed by atoms with van der Waals surface area (Å²) in [7, 11) is 0. The first kappa shape index (κ1) is 18.5. The van der Waals surface area contributed by atoms with Gasteiger partial charge in [0.05, 0.1) is 5.69 Å². The standard InChI is InChI=1S/C20H17N3O3S/c1-13(12-21)11-17-18(24)22-20(27)23(19(17)25)14-7-9-16(10-8-14)26-15-5-3-2-4-6-15/h2-11H,1,12,21H2,(H,22,24,27)/b17-11+. The highest BCUT2D eigenvalue weighted by Gasteiger charge is 2.34. The molecule has 0 bridgehead atoms. The molecule has 2 aromatic rings. The summed E-state index contributed by atoms with van der Waals surface area (Å²) >= 11 is 5.16. The number of nitrogens with two attached hydrogens (primary N) is 1. The maximum Gasteiger partial charge on any atom is 0.270 e. The van der Waals surface area contributed by atoms with Crippen molar-refractivity contribution in [2.45, 2.75) is 0 Å². The van der Waals surface area contributed by atoms with E-state index in [0.29, 0.717) is 22.8 Å².